The molecule has 0 spiro atoms. The standard InChI is InChI=1S/C16H23ClN2O2/c1-3-18-15-7-6-13(17)9-14(15)16(20)19(2)10-12-5-4-8-21-11-12/h6-7,9,12,18H,3-5,8,10-11H2,1-2H3. The first kappa shape index (κ1) is 16.1. The molecule has 5 heteroatoms. The molecule has 1 heterocycles. The van der Waals surface area contributed by atoms with Gasteiger partial charge < -0.3 is 15.0 Å². The van der Waals surface area contributed by atoms with Crippen LogP contribution >= 0.6 is 11.6 Å². The molecule has 21 heavy (non-hydrogen) atoms. The summed E-state index contributed by atoms with van der Waals surface area (Å²) in [6, 6.07) is 5.39. The fraction of sp³-hybridized carbons (Fsp3) is 0.562. The van der Waals surface area contributed by atoms with E-state index in [1.165, 1.54) is 0 Å². The summed E-state index contributed by atoms with van der Waals surface area (Å²) in [7, 11) is 1.84. The van der Waals surface area contributed by atoms with E-state index in [1.54, 1.807) is 17.0 Å². The lowest BCUT2D eigenvalue weighted by molar-refractivity contribution is 0.0389. The maximum Gasteiger partial charge on any atom is 0.255 e. The number of carbonyl (C=O) groups excluding carboxylic acids is 1. The molecule has 1 aliphatic rings. The Morgan fingerprint density at radius 2 is 2.33 bits per heavy atom. The number of benzene rings is 1. The Morgan fingerprint density at radius 1 is 1.52 bits per heavy atom. The van der Waals surface area contributed by atoms with Crippen LogP contribution in [0.5, 0.6) is 0 Å². The Hall–Kier alpha value is -1.26. The normalized spacial score (nSPS) is 18.3. The average molecular weight is 311 g/mol. The van der Waals surface area contributed by atoms with Crippen LogP contribution in [0.1, 0.15) is 30.1 Å². The van der Waals surface area contributed by atoms with Crippen LogP contribution in [0.3, 0.4) is 0 Å². The molecule has 0 saturated carbocycles. The quantitative estimate of drug-likeness (QED) is 0.907. The van der Waals surface area contributed by atoms with Crippen LogP contribution in [0.25, 0.3) is 0 Å². The zero-order valence-electron chi connectivity index (χ0n) is 12.7. The van der Waals surface area contributed by atoms with E-state index >= 15 is 0 Å². The third kappa shape index (κ3) is 4.35. The smallest absolute Gasteiger partial charge is 0.255 e. The van der Waals surface area contributed by atoms with Gasteiger partial charge in [0.15, 0.2) is 0 Å². The van der Waals surface area contributed by atoms with Gasteiger partial charge in [-0.05, 0) is 43.9 Å². The molecule has 2 rings (SSSR count). The zero-order chi connectivity index (χ0) is 15.2. The number of nitrogens with one attached hydrogen (secondary N) is 1. The molecule has 1 aliphatic heterocycles. The summed E-state index contributed by atoms with van der Waals surface area (Å²) in [5, 5.41) is 3.79. The van der Waals surface area contributed by atoms with Gasteiger partial charge in [-0.15, -0.1) is 0 Å². The number of rotatable bonds is 5. The van der Waals surface area contributed by atoms with Gasteiger partial charge in [0, 0.05) is 37.5 Å². The van der Waals surface area contributed by atoms with Gasteiger partial charge in [-0.25, -0.2) is 0 Å². The van der Waals surface area contributed by atoms with Crippen LogP contribution < -0.4 is 5.32 Å². The molecule has 1 N–H and O–H groups in total. The SMILES string of the molecule is CCNc1ccc(Cl)cc1C(=O)N(C)CC1CCCOC1. The summed E-state index contributed by atoms with van der Waals surface area (Å²) in [6.45, 7) is 5.07. The van der Waals surface area contributed by atoms with E-state index in [0.717, 1.165) is 44.8 Å². The molecule has 0 bridgehead atoms. The van der Waals surface area contributed by atoms with Crippen LogP contribution in [-0.2, 0) is 4.74 Å². The molecular weight excluding hydrogens is 288 g/mol. The maximum atomic E-state index is 12.7. The van der Waals surface area contributed by atoms with Crippen LogP contribution in [0.15, 0.2) is 18.2 Å². The van der Waals surface area contributed by atoms with Crippen molar-refractivity contribution < 1.29 is 9.53 Å². The number of ether oxygens (including phenoxy) is 1. The van der Waals surface area contributed by atoms with Crippen molar-refractivity contribution in [2.75, 3.05) is 38.7 Å². The van der Waals surface area contributed by atoms with Crippen molar-refractivity contribution in [3.63, 3.8) is 0 Å². The highest BCUT2D eigenvalue weighted by molar-refractivity contribution is 6.31. The second-order valence-corrected chi connectivity index (χ2v) is 5.93. The van der Waals surface area contributed by atoms with Gasteiger partial charge in [0.25, 0.3) is 5.91 Å². The van der Waals surface area contributed by atoms with E-state index < -0.39 is 0 Å². The van der Waals surface area contributed by atoms with E-state index in [1.807, 2.05) is 20.0 Å². The van der Waals surface area contributed by atoms with Gasteiger partial charge in [-0.3, -0.25) is 4.79 Å². The molecule has 1 unspecified atom stereocenters. The Bertz CT molecular complexity index is 487. The average Bonchev–Trinajstić information content (AvgIpc) is 2.49. The number of nitrogens with zero attached hydrogens (tertiary/aromatic N) is 1. The lowest BCUT2D eigenvalue weighted by atomic mass is 10.0. The summed E-state index contributed by atoms with van der Waals surface area (Å²) < 4.78 is 5.48. The third-order valence-corrected chi connectivity index (χ3v) is 3.95. The number of carbonyl (C=O) groups is 1. The molecule has 0 aliphatic carbocycles. The summed E-state index contributed by atoms with van der Waals surface area (Å²) in [4.78, 5) is 14.4. The predicted octanol–water partition coefficient (Wildman–Crippen LogP) is 3.27. The Morgan fingerprint density at radius 3 is 3.00 bits per heavy atom. The molecule has 1 amide bonds. The van der Waals surface area contributed by atoms with Gasteiger partial charge in [0.2, 0.25) is 0 Å². The topological polar surface area (TPSA) is 41.6 Å². The number of anilines is 1. The Balaban J connectivity index is 2.08. The monoisotopic (exact) mass is 310 g/mol. The van der Waals surface area contributed by atoms with Gasteiger partial charge in [0.1, 0.15) is 0 Å². The first-order chi connectivity index (χ1) is 10.1. The number of halogens is 1. The predicted molar refractivity (Wildman–Crippen MR) is 86.1 cm³/mol. The molecule has 116 valence electrons. The summed E-state index contributed by atoms with van der Waals surface area (Å²) in [5.41, 5.74) is 1.46. The highest BCUT2D eigenvalue weighted by Gasteiger charge is 2.21. The Labute approximate surface area is 131 Å². The van der Waals surface area contributed by atoms with E-state index in [2.05, 4.69) is 5.32 Å². The molecule has 0 radical (unpaired) electrons. The largest absolute Gasteiger partial charge is 0.385 e. The minimum absolute atomic E-state index is 0.000904. The van der Waals surface area contributed by atoms with Gasteiger partial charge in [-0.2, -0.15) is 0 Å². The summed E-state index contributed by atoms with van der Waals surface area (Å²) in [5.74, 6) is 0.425. The van der Waals surface area contributed by atoms with Gasteiger partial charge in [0.05, 0.1) is 12.2 Å². The highest BCUT2D eigenvalue weighted by Crippen LogP contribution is 2.23. The van der Waals surface area contributed by atoms with Crippen molar-refractivity contribution in [3.05, 3.63) is 28.8 Å². The van der Waals surface area contributed by atoms with Crippen molar-refractivity contribution in [1.29, 1.82) is 0 Å². The lowest BCUT2D eigenvalue weighted by Crippen LogP contribution is -2.35. The maximum absolute atomic E-state index is 12.7. The molecule has 1 atom stereocenters. The molecule has 1 fully saturated rings. The first-order valence-electron chi connectivity index (χ1n) is 7.48. The Kier molecular flexibility index (Phi) is 5.88. The highest BCUT2D eigenvalue weighted by atomic mass is 35.5. The molecule has 1 aromatic rings. The van der Waals surface area contributed by atoms with Crippen molar-refractivity contribution in [2.24, 2.45) is 5.92 Å². The van der Waals surface area contributed by atoms with Gasteiger partial charge >= 0.3 is 0 Å². The zero-order valence-corrected chi connectivity index (χ0v) is 13.4. The second kappa shape index (κ2) is 7.66. The number of amides is 1. The minimum atomic E-state index is -0.000904. The fourth-order valence-corrected chi connectivity index (χ4v) is 2.84. The minimum Gasteiger partial charge on any atom is -0.385 e. The summed E-state index contributed by atoms with van der Waals surface area (Å²) in [6.07, 6.45) is 2.19. The molecule has 1 saturated heterocycles. The fourth-order valence-electron chi connectivity index (χ4n) is 2.67. The van der Waals surface area contributed by atoms with Crippen LogP contribution in [0.2, 0.25) is 5.02 Å². The first-order valence-corrected chi connectivity index (χ1v) is 7.86. The van der Waals surface area contributed by atoms with Crippen molar-refractivity contribution in [2.45, 2.75) is 19.8 Å². The number of hydrogen-bond acceptors (Lipinski definition) is 3. The summed E-state index contributed by atoms with van der Waals surface area (Å²) >= 11 is 6.04. The van der Waals surface area contributed by atoms with Gasteiger partial charge in [-0.1, -0.05) is 11.6 Å². The molecular formula is C16H23ClN2O2. The van der Waals surface area contributed by atoms with E-state index in [0.29, 0.717) is 16.5 Å². The van der Waals surface area contributed by atoms with Crippen molar-refractivity contribution in [3.8, 4) is 0 Å². The molecule has 1 aromatic carbocycles. The van der Waals surface area contributed by atoms with Crippen molar-refractivity contribution >= 4 is 23.2 Å². The van der Waals surface area contributed by atoms with E-state index in [9.17, 15) is 4.79 Å². The third-order valence-electron chi connectivity index (χ3n) is 3.71. The van der Waals surface area contributed by atoms with Crippen molar-refractivity contribution in [1.82, 2.24) is 4.90 Å². The molecule has 0 aromatic heterocycles. The second-order valence-electron chi connectivity index (χ2n) is 5.49. The molecule has 4 nitrogen and oxygen atoms in total. The van der Waals surface area contributed by atoms with E-state index in [-0.39, 0.29) is 5.91 Å². The van der Waals surface area contributed by atoms with Crippen LogP contribution in [0.4, 0.5) is 5.69 Å². The lowest BCUT2D eigenvalue weighted by Gasteiger charge is -2.27. The van der Waals surface area contributed by atoms with Crippen LogP contribution in [0, 0.1) is 5.92 Å². The van der Waals surface area contributed by atoms with E-state index in [4.69, 9.17) is 16.3 Å². The van der Waals surface area contributed by atoms with Crippen LogP contribution in [-0.4, -0.2) is 44.2 Å². The number of hydrogen-bond donors (Lipinski definition) is 1.